The predicted octanol–water partition coefficient (Wildman–Crippen LogP) is 5.42. The topological polar surface area (TPSA) is 99.2 Å². The van der Waals surface area contributed by atoms with E-state index in [9.17, 15) is 14.0 Å². The average molecular weight is 513 g/mol. The number of anilines is 1. The molecule has 0 aliphatic rings. The van der Waals surface area contributed by atoms with Gasteiger partial charge in [0, 0.05) is 17.5 Å². The van der Waals surface area contributed by atoms with Crippen LogP contribution in [0, 0.1) is 12.7 Å². The summed E-state index contributed by atoms with van der Waals surface area (Å²) in [6.07, 6.45) is 3.30. The second-order valence-electron chi connectivity index (χ2n) is 7.28. The summed E-state index contributed by atoms with van der Waals surface area (Å²) < 4.78 is 25.5. The van der Waals surface area contributed by atoms with Gasteiger partial charge in [0.25, 0.3) is 0 Å². The minimum atomic E-state index is -0.598. The van der Waals surface area contributed by atoms with Crippen molar-refractivity contribution in [3.63, 3.8) is 0 Å². The maximum atomic E-state index is 13.3. The summed E-state index contributed by atoms with van der Waals surface area (Å²) in [6, 6.07) is 7.56. The van der Waals surface area contributed by atoms with Crippen LogP contribution in [0.5, 0.6) is 0 Å². The minimum Gasteiger partial charge on any atom is -0.469 e. The number of carbonyl (C=O) groups excluding carboxylic acids is 2. The number of halogens is 1. The number of nitrogens with zero attached hydrogens (tertiary/aromatic N) is 3. The molecule has 0 unspecified atom stereocenters. The van der Waals surface area contributed by atoms with Gasteiger partial charge in [0.05, 0.1) is 24.7 Å². The molecule has 0 radical (unpaired) electrons. The number of aryl methyl sites for hydroxylation is 1. The number of carbonyl (C=O) groups is 2. The highest BCUT2D eigenvalue weighted by Crippen LogP contribution is 2.36. The molecule has 11 heteroatoms. The van der Waals surface area contributed by atoms with Gasteiger partial charge in [-0.1, -0.05) is 30.0 Å². The van der Waals surface area contributed by atoms with Gasteiger partial charge < -0.3 is 14.5 Å². The molecule has 35 heavy (non-hydrogen) atoms. The number of furan rings is 1. The molecule has 0 saturated carbocycles. The molecule has 8 nitrogen and oxygen atoms in total. The summed E-state index contributed by atoms with van der Waals surface area (Å²) in [7, 11) is 1.27. The molecule has 0 aliphatic heterocycles. The number of allylic oxidation sites excluding steroid dienone is 1. The van der Waals surface area contributed by atoms with E-state index < -0.39 is 5.97 Å². The van der Waals surface area contributed by atoms with Gasteiger partial charge in [-0.05, 0) is 30.7 Å². The highest BCUT2D eigenvalue weighted by molar-refractivity contribution is 7.99. The number of hydrogen-bond acceptors (Lipinski definition) is 8. The molecule has 0 fully saturated rings. The number of rotatable bonds is 9. The maximum Gasteiger partial charge on any atom is 0.341 e. The van der Waals surface area contributed by atoms with Crippen molar-refractivity contribution in [2.45, 2.75) is 18.6 Å². The van der Waals surface area contributed by atoms with Crippen LogP contribution in [0.3, 0.4) is 0 Å². The van der Waals surface area contributed by atoms with Crippen LogP contribution >= 0.6 is 23.1 Å². The Hall–Kier alpha value is -3.70. The molecule has 1 aromatic carbocycles. The van der Waals surface area contributed by atoms with Crippen molar-refractivity contribution in [1.82, 2.24) is 14.8 Å². The van der Waals surface area contributed by atoms with E-state index in [1.54, 1.807) is 29.9 Å². The molecule has 0 bridgehead atoms. The fraction of sp³-hybridized carbons (Fsp3) is 0.167. The Morgan fingerprint density at radius 3 is 2.69 bits per heavy atom. The number of amides is 1. The minimum absolute atomic E-state index is 0.0318. The van der Waals surface area contributed by atoms with Gasteiger partial charge in [-0.25, -0.2) is 9.18 Å². The smallest absolute Gasteiger partial charge is 0.341 e. The van der Waals surface area contributed by atoms with Crippen molar-refractivity contribution < 1.29 is 23.1 Å². The van der Waals surface area contributed by atoms with Gasteiger partial charge in [0.2, 0.25) is 5.91 Å². The van der Waals surface area contributed by atoms with Gasteiger partial charge in [0.1, 0.15) is 22.1 Å². The van der Waals surface area contributed by atoms with Crippen molar-refractivity contribution in [1.29, 1.82) is 0 Å². The zero-order valence-electron chi connectivity index (χ0n) is 18.9. The Balaban J connectivity index is 1.52. The van der Waals surface area contributed by atoms with Crippen molar-refractivity contribution in [3.05, 3.63) is 71.8 Å². The quantitative estimate of drug-likeness (QED) is 0.182. The number of nitrogens with one attached hydrogen (secondary N) is 1. The van der Waals surface area contributed by atoms with Gasteiger partial charge >= 0.3 is 5.97 Å². The molecule has 3 aromatic heterocycles. The lowest BCUT2D eigenvalue weighted by Crippen LogP contribution is -2.16. The van der Waals surface area contributed by atoms with E-state index in [-0.39, 0.29) is 23.0 Å². The lowest BCUT2D eigenvalue weighted by atomic mass is 10.0. The molecular weight excluding hydrogens is 491 g/mol. The number of benzene rings is 1. The Morgan fingerprint density at radius 2 is 2.03 bits per heavy atom. The first-order chi connectivity index (χ1) is 16.9. The summed E-state index contributed by atoms with van der Waals surface area (Å²) in [4.78, 5) is 25.3. The van der Waals surface area contributed by atoms with Gasteiger partial charge in [-0.2, -0.15) is 0 Å². The molecule has 0 saturated heterocycles. The molecular formula is C24H21FN4O4S2. The third kappa shape index (κ3) is 5.20. The third-order valence-corrected chi connectivity index (χ3v) is 6.91. The van der Waals surface area contributed by atoms with Crippen molar-refractivity contribution in [2.75, 3.05) is 18.2 Å². The van der Waals surface area contributed by atoms with Gasteiger partial charge in [-0.15, -0.1) is 28.1 Å². The molecule has 4 aromatic rings. The van der Waals surface area contributed by atoms with E-state index in [1.165, 1.54) is 42.3 Å². The van der Waals surface area contributed by atoms with E-state index in [0.717, 1.165) is 5.56 Å². The highest BCUT2D eigenvalue weighted by Gasteiger charge is 2.23. The number of aromatic nitrogens is 3. The predicted molar refractivity (Wildman–Crippen MR) is 133 cm³/mol. The number of thioether (sulfide) groups is 1. The van der Waals surface area contributed by atoms with E-state index in [2.05, 4.69) is 22.1 Å². The lowest BCUT2D eigenvalue weighted by Gasteiger charge is -2.09. The average Bonchev–Trinajstić information content (AvgIpc) is 3.56. The molecule has 1 amide bonds. The number of thiophene rings is 1. The van der Waals surface area contributed by atoms with Crippen LogP contribution in [-0.2, 0) is 16.1 Å². The fourth-order valence-corrected chi connectivity index (χ4v) is 5.12. The van der Waals surface area contributed by atoms with Gasteiger partial charge in [-0.3, -0.25) is 9.36 Å². The summed E-state index contributed by atoms with van der Waals surface area (Å²) in [5.74, 6) is 0.0475. The number of esters is 1. The van der Waals surface area contributed by atoms with Crippen LogP contribution in [0.4, 0.5) is 9.39 Å². The molecule has 180 valence electrons. The largest absolute Gasteiger partial charge is 0.469 e. The second-order valence-corrected chi connectivity index (χ2v) is 9.11. The van der Waals surface area contributed by atoms with Crippen molar-refractivity contribution in [2.24, 2.45) is 0 Å². The normalized spacial score (nSPS) is 10.8. The number of methoxy groups -OCH3 is 1. The van der Waals surface area contributed by atoms with Crippen LogP contribution in [0.15, 0.2) is 64.2 Å². The van der Waals surface area contributed by atoms with Crippen molar-refractivity contribution >= 4 is 40.0 Å². The van der Waals surface area contributed by atoms with Crippen LogP contribution in [0.1, 0.15) is 16.1 Å². The number of hydrogen-bond donors (Lipinski definition) is 1. The summed E-state index contributed by atoms with van der Waals surface area (Å²) in [5.41, 5.74) is 2.22. The molecule has 3 heterocycles. The standard InChI is InChI=1S/C24H21FN4O4S2/c1-4-10-29-21(17-9-11-33-14(17)2)27-28-24(29)35-13-19(30)26-22-20(23(31)32-3)18(12-34-22)15-5-7-16(25)8-6-15/h4-9,11-12H,1,10,13H2,2-3H3,(H,26,30). The Labute approximate surface area is 208 Å². The first-order valence-corrected chi connectivity index (χ1v) is 12.3. The summed E-state index contributed by atoms with van der Waals surface area (Å²) in [5, 5.41) is 13.9. The highest BCUT2D eigenvalue weighted by atomic mass is 32.2. The van der Waals surface area contributed by atoms with Crippen LogP contribution in [0.25, 0.3) is 22.5 Å². The molecule has 0 atom stereocenters. The molecule has 0 aliphatic carbocycles. The molecule has 1 N–H and O–H groups in total. The summed E-state index contributed by atoms with van der Waals surface area (Å²) in [6.45, 7) is 6.08. The Kier molecular flexibility index (Phi) is 7.47. The maximum absolute atomic E-state index is 13.3. The van der Waals surface area contributed by atoms with Crippen LogP contribution < -0.4 is 5.32 Å². The number of ether oxygens (including phenoxy) is 1. The first-order valence-electron chi connectivity index (χ1n) is 10.4. The van der Waals surface area contributed by atoms with Gasteiger partial charge in [0.15, 0.2) is 11.0 Å². The van der Waals surface area contributed by atoms with Crippen LogP contribution in [-0.4, -0.2) is 39.5 Å². The molecule has 0 spiro atoms. The zero-order valence-corrected chi connectivity index (χ0v) is 20.5. The first kappa shape index (κ1) is 24.4. The van der Waals surface area contributed by atoms with E-state index >= 15 is 0 Å². The Morgan fingerprint density at radius 1 is 1.26 bits per heavy atom. The van der Waals surface area contributed by atoms with E-state index in [1.807, 2.05) is 17.6 Å². The van der Waals surface area contributed by atoms with E-state index in [4.69, 9.17) is 9.15 Å². The summed E-state index contributed by atoms with van der Waals surface area (Å²) >= 11 is 2.40. The van der Waals surface area contributed by atoms with Crippen LogP contribution in [0.2, 0.25) is 0 Å². The zero-order chi connectivity index (χ0) is 24.9. The SMILES string of the molecule is C=CCn1c(SCC(=O)Nc2scc(-c3ccc(F)cc3)c2C(=O)OC)nnc1-c1ccoc1C. The monoisotopic (exact) mass is 512 g/mol. The fourth-order valence-electron chi connectivity index (χ4n) is 3.39. The van der Waals surface area contributed by atoms with E-state index in [0.29, 0.717) is 39.4 Å². The molecule has 4 rings (SSSR count). The second kappa shape index (κ2) is 10.7. The third-order valence-electron chi connectivity index (χ3n) is 5.05. The lowest BCUT2D eigenvalue weighted by molar-refractivity contribution is -0.113. The van der Waals surface area contributed by atoms with Crippen molar-refractivity contribution in [3.8, 4) is 22.5 Å². The Bertz CT molecular complexity index is 1370.